The zero-order valence-electron chi connectivity index (χ0n) is 16.4. The average molecular weight is 368 g/mol. The molecule has 1 aromatic heterocycles. The van der Waals surface area contributed by atoms with Gasteiger partial charge in [-0.25, -0.2) is 4.79 Å². The van der Waals surface area contributed by atoms with E-state index in [-0.39, 0.29) is 5.97 Å². The maximum Gasteiger partial charge on any atom is 0.337 e. The molecule has 1 aliphatic rings. The standard InChI is InChI=1S/C22H28N2O3/c1-14-19(17-9-11-18(12-10-17)22(26)27-3)20(21(23)25)15(2)24(14)13-16-7-5-4-6-8-16/h9-12,16H,4-8,13H2,1-3H3,(H2,23,25). The minimum absolute atomic E-state index is 0.376. The van der Waals surface area contributed by atoms with Gasteiger partial charge in [0, 0.05) is 23.5 Å². The summed E-state index contributed by atoms with van der Waals surface area (Å²) in [5, 5.41) is 0. The van der Waals surface area contributed by atoms with Crippen LogP contribution >= 0.6 is 0 Å². The van der Waals surface area contributed by atoms with Crippen LogP contribution in [0.15, 0.2) is 24.3 Å². The van der Waals surface area contributed by atoms with Gasteiger partial charge in [-0.2, -0.15) is 0 Å². The Hall–Kier alpha value is -2.56. The first-order chi connectivity index (χ1) is 12.9. The van der Waals surface area contributed by atoms with Gasteiger partial charge in [-0.05, 0) is 50.3 Å². The number of nitrogens with zero attached hydrogens (tertiary/aromatic N) is 1. The predicted molar refractivity (Wildman–Crippen MR) is 106 cm³/mol. The summed E-state index contributed by atoms with van der Waals surface area (Å²) < 4.78 is 7.01. The molecule has 1 aliphatic carbocycles. The number of amides is 1. The van der Waals surface area contributed by atoms with Crippen molar-refractivity contribution in [1.29, 1.82) is 0 Å². The third-order valence-electron chi connectivity index (χ3n) is 5.79. The Morgan fingerprint density at radius 3 is 2.26 bits per heavy atom. The molecule has 1 saturated carbocycles. The summed E-state index contributed by atoms with van der Waals surface area (Å²) in [6, 6.07) is 7.15. The quantitative estimate of drug-likeness (QED) is 0.802. The Bertz CT molecular complexity index is 843. The van der Waals surface area contributed by atoms with E-state index in [1.54, 1.807) is 12.1 Å². The van der Waals surface area contributed by atoms with Gasteiger partial charge < -0.3 is 15.0 Å². The normalized spacial score (nSPS) is 14.9. The van der Waals surface area contributed by atoms with E-state index in [9.17, 15) is 9.59 Å². The number of methoxy groups -OCH3 is 1. The van der Waals surface area contributed by atoms with Gasteiger partial charge in [0.15, 0.2) is 0 Å². The first-order valence-electron chi connectivity index (χ1n) is 9.62. The molecule has 27 heavy (non-hydrogen) atoms. The molecule has 3 rings (SSSR count). The van der Waals surface area contributed by atoms with Crippen LogP contribution in [-0.4, -0.2) is 23.6 Å². The number of ether oxygens (including phenoxy) is 1. The summed E-state index contributed by atoms with van der Waals surface area (Å²) in [6.45, 7) is 4.95. The van der Waals surface area contributed by atoms with Gasteiger partial charge in [-0.15, -0.1) is 0 Å². The molecule has 1 heterocycles. The molecule has 0 bridgehead atoms. The zero-order chi connectivity index (χ0) is 19.6. The maximum atomic E-state index is 12.2. The highest BCUT2D eigenvalue weighted by atomic mass is 16.5. The van der Waals surface area contributed by atoms with Crippen LogP contribution in [0.4, 0.5) is 0 Å². The van der Waals surface area contributed by atoms with E-state index in [2.05, 4.69) is 4.57 Å². The molecule has 5 nitrogen and oxygen atoms in total. The third kappa shape index (κ3) is 3.77. The van der Waals surface area contributed by atoms with E-state index in [0.29, 0.717) is 17.0 Å². The number of benzene rings is 1. The van der Waals surface area contributed by atoms with Crippen molar-refractivity contribution in [2.45, 2.75) is 52.5 Å². The van der Waals surface area contributed by atoms with Crippen LogP contribution < -0.4 is 5.73 Å². The Labute approximate surface area is 160 Å². The van der Waals surface area contributed by atoms with Gasteiger partial charge in [-0.1, -0.05) is 31.4 Å². The van der Waals surface area contributed by atoms with E-state index in [1.807, 2.05) is 26.0 Å². The number of carbonyl (C=O) groups is 2. The summed E-state index contributed by atoms with van der Waals surface area (Å²) >= 11 is 0. The first-order valence-corrected chi connectivity index (χ1v) is 9.62. The molecule has 1 amide bonds. The monoisotopic (exact) mass is 368 g/mol. The SMILES string of the molecule is COC(=O)c1ccc(-c2c(C(N)=O)c(C)n(CC3CCCCC3)c2C)cc1. The van der Waals surface area contributed by atoms with Crippen molar-refractivity contribution in [1.82, 2.24) is 4.57 Å². The van der Waals surface area contributed by atoms with E-state index in [1.165, 1.54) is 39.2 Å². The van der Waals surface area contributed by atoms with Crippen LogP contribution in [-0.2, 0) is 11.3 Å². The highest BCUT2D eigenvalue weighted by Gasteiger charge is 2.24. The van der Waals surface area contributed by atoms with Crippen LogP contribution in [0, 0.1) is 19.8 Å². The van der Waals surface area contributed by atoms with E-state index in [4.69, 9.17) is 10.5 Å². The fourth-order valence-corrected chi connectivity index (χ4v) is 4.33. The number of hydrogen-bond acceptors (Lipinski definition) is 3. The molecule has 1 fully saturated rings. The molecular weight excluding hydrogens is 340 g/mol. The van der Waals surface area contributed by atoms with Crippen LogP contribution in [0.1, 0.15) is 64.2 Å². The fourth-order valence-electron chi connectivity index (χ4n) is 4.33. The number of primary amides is 1. The van der Waals surface area contributed by atoms with Crippen molar-refractivity contribution >= 4 is 11.9 Å². The van der Waals surface area contributed by atoms with Crippen molar-refractivity contribution < 1.29 is 14.3 Å². The minimum atomic E-state index is -0.412. The van der Waals surface area contributed by atoms with Gasteiger partial charge in [0.2, 0.25) is 0 Å². The van der Waals surface area contributed by atoms with E-state index < -0.39 is 5.91 Å². The van der Waals surface area contributed by atoms with Gasteiger partial charge in [0.25, 0.3) is 5.91 Å². The predicted octanol–water partition coefficient (Wildman–Crippen LogP) is 4.24. The molecule has 0 aliphatic heterocycles. The highest BCUT2D eigenvalue weighted by Crippen LogP contribution is 2.34. The molecule has 2 aromatic rings. The van der Waals surface area contributed by atoms with Gasteiger partial charge >= 0.3 is 5.97 Å². The lowest BCUT2D eigenvalue weighted by Gasteiger charge is -2.23. The largest absolute Gasteiger partial charge is 0.465 e. The molecule has 144 valence electrons. The Kier molecular flexibility index (Phi) is 5.68. The van der Waals surface area contributed by atoms with E-state index >= 15 is 0 Å². The van der Waals surface area contributed by atoms with Gasteiger partial charge in [-0.3, -0.25) is 4.79 Å². The molecule has 0 unspecified atom stereocenters. The number of esters is 1. The fraction of sp³-hybridized carbons (Fsp3) is 0.455. The second kappa shape index (κ2) is 7.99. The van der Waals surface area contributed by atoms with Crippen molar-refractivity contribution in [2.75, 3.05) is 7.11 Å². The average Bonchev–Trinajstić information content (AvgIpc) is 2.93. The molecule has 0 radical (unpaired) electrons. The number of nitrogens with two attached hydrogens (primary N) is 1. The molecule has 5 heteroatoms. The van der Waals surface area contributed by atoms with Crippen LogP contribution in [0.3, 0.4) is 0 Å². The molecule has 0 spiro atoms. The number of aromatic nitrogens is 1. The van der Waals surface area contributed by atoms with Crippen LogP contribution in [0.5, 0.6) is 0 Å². The molecule has 2 N–H and O–H groups in total. The molecule has 1 aromatic carbocycles. The first kappa shape index (κ1) is 19.2. The van der Waals surface area contributed by atoms with Crippen molar-refractivity contribution in [3.63, 3.8) is 0 Å². The number of carbonyl (C=O) groups excluding carboxylic acids is 2. The number of hydrogen-bond donors (Lipinski definition) is 1. The van der Waals surface area contributed by atoms with Gasteiger partial charge in [0.1, 0.15) is 0 Å². The van der Waals surface area contributed by atoms with Crippen molar-refractivity contribution in [3.05, 3.63) is 46.8 Å². The maximum absolute atomic E-state index is 12.2. The topological polar surface area (TPSA) is 74.3 Å². The lowest BCUT2D eigenvalue weighted by atomic mass is 9.89. The zero-order valence-corrected chi connectivity index (χ0v) is 16.4. The van der Waals surface area contributed by atoms with E-state index in [0.717, 1.165) is 29.1 Å². The van der Waals surface area contributed by atoms with Crippen molar-refractivity contribution in [2.24, 2.45) is 11.7 Å². The minimum Gasteiger partial charge on any atom is -0.465 e. The smallest absolute Gasteiger partial charge is 0.337 e. The molecular formula is C22H28N2O3. The summed E-state index contributed by atoms with van der Waals surface area (Å²) in [7, 11) is 1.36. The number of rotatable bonds is 5. The molecule has 0 saturated heterocycles. The van der Waals surface area contributed by atoms with Gasteiger partial charge in [0.05, 0.1) is 18.2 Å². The Balaban J connectivity index is 2.02. The van der Waals surface area contributed by atoms with Crippen molar-refractivity contribution in [3.8, 4) is 11.1 Å². The Morgan fingerprint density at radius 2 is 1.70 bits per heavy atom. The van der Waals surface area contributed by atoms with Crippen LogP contribution in [0.2, 0.25) is 0 Å². The summed E-state index contributed by atoms with van der Waals surface area (Å²) in [5.41, 5.74) is 10.5. The Morgan fingerprint density at radius 1 is 1.07 bits per heavy atom. The summed E-state index contributed by atoms with van der Waals surface area (Å²) in [6.07, 6.45) is 6.38. The third-order valence-corrected chi connectivity index (χ3v) is 5.79. The lowest BCUT2D eigenvalue weighted by Crippen LogP contribution is -2.17. The molecule has 0 atom stereocenters. The second-order valence-corrected chi connectivity index (χ2v) is 7.47. The lowest BCUT2D eigenvalue weighted by molar-refractivity contribution is 0.0600. The second-order valence-electron chi connectivity index (χ2n) is 7.47. The highest BCUT2D eigenvalue weighted by molar-refractivity contribution is 6.02. The summed E-state index contributed by atoms with van der Waals surface area (Å²) in [5.74, 6) is -0.136. The van der Waals surface area contributed by atoms with Crippen LogP contribution in [0.25, 0.3) is 11.1 Å². The summed E-state index contributed by atoms with van der Waals surface area (Å²) in [4.78, 5) is 23.9.